The van der Waals surface area contributed by atoms with E-state index >= 15 is 0 Å². The van der Waals surface area contributed by atoms with Gasteiger partial charge in [0, 0.05) is 11.1 Å². The molecule has 3 aromatic rings. The van der Waals surface area contributed by atoms with Gasteiger partial charge in [-0.15, -0.1) is 0 Å². The molecule has 25 heavy (non-hydrogen) atoms. The molecule has 1 aliphatic rings. The molecule has 0 N–H and O–H groups in total. The third-order valence-electron chi connectivity index (χ3n) is 4.77. The molecule has 124 valence electrons. The summed E-state index contributed by atoms with van der Waals surface area (Å²) < 4.78 is 6.47. The number of rotatable bonds is 2. The molecule has 0 aliphatic carbocycles. The zero-order valence-corrected chi connectivity index (χ0v) is 14.9. The average Bonchev–Trinajstić information content (AvgIpc) is 2.62. The van der Waals surface area contributed by atoms with E-state index in [0.29, 0.717) is 0 Å². The van der Waals surface area contributed by atoms with Crippen LogP contribution in [0.5, 0.6) is 5.75 Å². The van der Waals surface area contributed by atoms with E-state index < -0.39 is 0 Å². The van der Waals surface area contributed by atoms with Crippen LogP contribution in [0.15, 0.2) is 66.7 Å². The number of fused-ring (bicyclic) bond motifs is 1. The second kappa shape index (κ2) is 6.25. The fraction of sp³-hybridized carbons (Fsp3) is 0.167. The van der Waals surface area contributed by atoms with Gasteiger partial charge in [0.1, 0.15) is 11.9 Å². The van der Waals surface area contributed by atoms with Gasteiger partial charge < -0.3 is 4.74 Å². The Labute approximate surface area is 149 Å². The molecular weight excluding hydrogens is 304 g/mol. The van der Waals surface area contributed by atoms with Crippen LogP contribution in [0.3, 0.4) is 0 Å². The van der Waals surface area contributed by atoms with Crippen LogP contribution < -0.4 is 4.74 Å². The van der Waals surface area contributed by atoms with Crippen molar-refractivity contribution in [3.8, 4) is 5.75 Å². The summed E-state index contributed by atoms with van der Waals surface area (Å²) in [6.07, 6.45) is 2.19. The van der Waals surface area contributed by atoms with Gasteiger partial charge in [-0.3, -0.25) is 0 Å². The number of ether oxygens (including phenoxy) is 1. The first-order valence-corrected chi connectivity index (χ1v) is 8.73. The molecule has 0 spiro atoms. The van der Waals surface area contributed by atoms with E-state index in [1.54, 1.807) is 0 Å². The summed E-state index contributed by atoms with van der Waals surface area (Å²) in [7, 11) is 0. The van der Waals surface area contributed by atoms with E-state index in [-0.39, 0.29) is 6.10 Å². The lowest BCUT2D eigenvalue weighted by atomic mass is 9.90. The maximum Gasteiger partial charge on any atom is 0.149 e. The molecular formula is C24H22O. The second-order valence-corrected chi connectivity index (χ2v) is 6.92. The maximum absolute atomic E-state index is 6.47. The topological polar surface area (TPSA) is 9.23 Å². The summed E-state index contributed by atoms with van der Waals surface area (Å²) in [6, 6.07) is 23.7. The lowest BCUT2D eigenvalue weighted by Gasteiger charge is -2.28. The van der Waals surface area contributed by atoms with Crippen LogP contribution >= 0.6 is 0 Å². The number of benzene rings is 3. The van der Waals surface area contributed by atoms with Crippen LogP contribution in [0.25, 0.3) is 11.6 Å². The number of aryl methyl sites for hydroxylation is 3. The van der Waals surface area contributed by atoms with E-state index in [1.165, 1.54) is 33.4 Å². The number of hydrogen-bond donors (Lipinski definition) is 0. The monoisotopic (exact) mass is 326 g/mol. The van der Waals surface area contributed by atoms with Crippen molar-refractivity contribution in [3.63, 3.8) is 0 Å². The van der Waals surface area contributed by atoms with Crippen molar-refractivity contribution in [1.82, 2.24) is 0 Å². The molecule has 1 heteroatoms. The largest absolute Gasteiger partial charge is 0.480 e. The SMILES string of the molecule is Cc1ccc(C2=Cc3ccc(C)cc3OC2c2ccc(C)cc2)cc1. The molecule has 3 aromatic carbocycles. The molecule has 1 nitrogen and oxygen atoms in total. The van der Waals surface area contributed by atoms with Crippen LogP contribution in [0.4, 0.5) is 0 Å². The Morgan fingerprint density at radius 3 is 1.96 bits per heavy atom. The van der Waals surface area contributed by atoms with Gasteiger partial charge in [-0.25, -0.2) is 0 Å². The van der Waals surface area contributed by atoms with Gasteiger partial charge in [0.25, 0.3) is 0 Å². The molecule has 0 radical (unpaired) electrons. The highest BCUT2D eigenvalue weighted by atomic mass is 16.5. The Morgan fingerprint density at radius 2 is 1.28 bits per heavy atom. The first-order chi connectivity index (χ1) is 12.1. The Hall–Kier alpha value is -2.80. The van der Waals surface area contributed by atoms with Gasteiger partial charge in [0.05, 0.1) is 0 Å². The maximum atomic E-state index is 6.47. The third kappa shape index (κ3) is 3.10. The highest BCUT2D eigenvalue weighted by Crippen LogP contribution is 2.42. The van der Waals surface area contributed by atoms with Gasteiger partial charge in [-0.05, 0) is 49.6 Å². The van der Waals surface area contributed by atoms with Crippen molar-refractivity contribution >= 4 is 11.6 Å². The summed E-state index contributed by atoms with van der Waals surface area (Å²) in [4.78, 5) is 0. The summed E-state index contributed by atoms with van der Waals surface area (Å²) in [5, 5.41) is 0. The average molecular weight is 326 g/mol. The fourth-order valence-corrected chi connectivity index (χ4v) is 3.27. The molecule has 0 bridgehead atoms. The van der Waals surface area contributed by atoms with Crippen LogP contribution in [0, 0.1) is 20.8 Å². The van der Waals surface area contributed by atoms with Crippen molar-refractivity contribution in [2.45, 2.75) is 26.9 Å². The van der Waals surface area contributed by atoms with Crippen molar-refractivity contribution < 1.29 is 4.74 Å². The van der Waals surface area contributed by atoms with Gasteiger partial charge >= 0.3 is 0 Å². The first kappa shape index (κ1) is 15.7. The van der Waals surface area contributed by atoms with Gasteiger partial charge in [0.2, 0.25) is 0 Å². The lowest BCUT2D eigenvalue weighted by molar-refractivity contribution is 0.261. The minimum Gasteiger partial charge on any atom is -0.480 e. The quantitative estimate of drug-likeness (QED) is 0.538. The van der Waals surface area contributed by atoms with Gasteiger partial charge in [-0.1, -0.05) is 71.8 Å². The molecule has 4 rings (SSSR count). The molecule has 1 heterocycles. The minimum atomic E-state index is -0.0855. The summed E-state index contributed by atoms with van der Waals surface area (Å²) in [5.41, 5.74) is 8.49. The third-order valence-corrected chi connectivity index (χ3v) is 4.77. The van der Waals surface area contributed by atoms with E-state index in [2.05, 4.69) is 93.6 Å². The molecule has 0 saturated heterocycles. The Bertz CT molecular complexity index is 931. The van der Waals surface area contributed by atoms with Crippen molar-refractivity contribution in [1.29, 1.82) is 0 Å². The zero-order valence-electron chi connectivity index (χ0n) is 14.9. The molecule has 0 aromatic heterocycles. The standard InChI is InChI=1S/C24H22O/c1-16-4-9-19(10-5-16)22-15-21-13-8-18(3)14-23(21)25-24(22)20-11-6-17(2)7-12-20/h4-15,24H,1-3H3. The van der Waals surface area contributed by atoms with Gasteiger partial charge in [-0.2, -0.15) is 0 Å². The normalized spacial score (nSPS) is 16.0. The molecule has 1 unspecified atom stereocenters. The van der Waals surface area contributed by atoms with Crippen LogP contribution in [0.2, 0.25) is 0 Å². The first-order valence-electron chi connectivity index (χ1n) is 8.73. The molecule has 0 fully saturated rings. The molecule has 1 aliphatic heterocycles. The van der Waals surface area contributed by atoms with E-state index in [9.17, 15) is 0 Å². The summed E-state index contributed by atoms with van der Waals surface area (Å²) >= 11 is 0. The Balaban J connectivity index is 1.85. The predicted molar refractivity (Wildman–Crippen MR) is 105 cm³/mol. The van der Waals surface area contributed by atoms with Crippen molar-refractivity contribution in [2.24, 2.45) is 0 Å². The summed E-state index contributed by atoms with van der Waals surface area (Å²) in [6.45, 7) is 6.33. The van der Waals surface area contributed by atoms with Crippen LogP contribution in [-0.2, 0) is 0 Å². The minimum absolute atomic E-state index is 0.0855. The van der Waals surface area contributed by atoms with Crippen LogP contribution in [0.1, 0.15) is 39.5 Å². The van der Waals surface area contributed by atoms with Gasteiger partial charge in [0.15, 0.2) is 0 Å². The molecule has 1 atom stereocenters. The second-order valence-electron chi connectivity index (χ2n) is 6.92. The molecule has 0 saturated carbocycles. The number of hydrogen-bond acceptors (Lipinski definition) is 1. The Kier molecular flexibility index (Phi) is 3.93. The van der Waals surface area contributed by atoms with Crippen molar-refractivity contribution in [2.75, 3.05) is 0 Å². The predicted octanol–water partition coefficient (Wildman–Crippen LogP) is 6.29. The fourth-order valence-electron chi connectivity index (χ4n) is 3.27. The smallest absolute Gasteiger partial charge is 0.149 e. The molecule has 0 amide bonds. The highest BCUT2D eigenvalue weighted by molar-refractivity contribution is 5.88. The van der Waals surface area contributed by atoms with Crippen molar-refractivity contribution in [3.05, 3.63) is 100 Å². The van der Waals surface area contributed by atoms with E-state index in [4.69, 9.17) is 4.74 Å². The zero-order chi connectivity index (χ0) is 17.4. The summed E-state index contributed by atoms with van der Waals surface area (Å²) in [5.74, 6) is 0.960. The lowest BCUT2D eigenvalue weighted by Crippen LogP contribution is -2.14. The Morgan fingerprint density at radius 1 is 0.680 bits per heavy atom. The highest BCUT2D eigenvalue weighted by Gasteiger charge is 2.25. The van der Waals surface area contributed by atoms with E-state index in [1.807, 2.05) is 0 Å². The van der Waals surface area contributed by atoms with Crippen LogP contribution in [-0.4, -0.2) is 0 Å². The van der Waals surface area contributed by atoms with E-state index in [0.717, 1.165) is 11.3 Å².